The largest absolute Gasteiger partial charge is 0.396 e. The number of rotatable bonds is 1. The number of carbonyl (C=O) groups is 2. The smallest absolute Gasteiger partial charge is 0.218 e. The van der Waals surface area contributed by atoms with Crippen molar-refractivity contribution in [1.29, 1.82) is 0 Å². The Morgan fingerprint density at radius 2 is 1.62 bits per heavy atom. The third kappa shape index (κ3) is 3.87. The number of nitrogens with one attached hydrogen (secondary N) is 1. The number of hydrogen-bond donors (Lipinski definition) is 1. The van der Waals surface area contributed by atoms with Crippen LogP contribution in [-0.2, 0) is 39.8 Å². The van der Waals surface area contributed by atoms with Crippen LogP contribution in [0.4, 0.5) is 0 Å². The van der Waals surface area contributed by atoms with Gasteiger partial charge in [0.05, 0.1) is 0 Å². The number of carbonyl (C=O) groups excluding carboxylic acids is 2. The second kappa shape index (κ2) is 10.2. The molecule has 3 rings (SSSR count). The van der Waals surface area contributed by atoms with E-state index in [2.05, 4.69) is 17.5 Å². The molecule has 0 aliphatic carbocycles. The summed E-state index contributed by atoms with van der Waals surface area (Å²) in [5.41, 5.74) is 5.55. The summed E-state index contributed by atoms with van der Waals surface area (Å²) >= 11 is 0. The zero-order valence-corrected chi connectivity index (χ0v) is 20.2. The van der Waals surface area contributed by atoms with E-state index in [0.29, 0.717) is 11.1 Å². The second-order valence-electron chi connectivity index (χ2n) is 5.40. The van der Waals surface area contributed by atoms with E-state index in [1.165, 1.54) is 0 Å². The van der Waals surface area contributed by atoms with E-state index < -0.39 is 0 Å². The molecule has 2 heterocycles. The first-order valence-corrected chi connectivity index (χ1v) is 8.80. The molecule has 0 saturated heterocycles. The van der Waals surface area contributed by atoms with Gasteiger partial charge in [-0.15, -0.1) is 13.8 Å². The van der Waals surface area contributed by atoms with Crippen molar-refractivity contribution in [3.8, 4) is 0 Å². The van der Waals surface area contributed by atoms with E-state index in [1.54, 1.807) is 0 Å². The van der Waals surface area contributed by atoms with Crippen LogP contribution in [0.2, 0.25) is 0 Å². The molecule has 0 saturated carbocycles. The maximum atomic E-state index is 12.1. The molecule has 1 aromatic carbocycles. The molecule has 139 valence electrons. The topological polar surface area (TPSA) is 51.1 Å². The van der Waals surface area contributed by atoms with Gasteiger partial charge < -0.3 is 20.8 Å². The van der Waals surface area contributed by atoms with E-state index >= 15 is 0 Å². The molecular formula is C21H28N2O2Y-2. The van der Waals surface area contributed by atoms with Gasteiger partial charge in [-0.2, -0.15) is 0 Å². The maximum absolute atomic E-state index is 12.1. The van der Waals surface area contributed by atoms with Crippen LogP contribution in [0.15, 0.2) is 0 Å². The van der Waals surface area contributed by atoms with Gasteiger partial charge in [-0.05, 0) is 25.0 Å². The molecular weight excluding hydrogens is 401 g/mol. The minimum Gasteiger partial charge on any atom is -0.396 e. The predicted molar refractivity (Wildman–Crippen MR) is 104 cm³/mol. The van der Waals surface area contributed by atoms with Crippen LogP contribution in [0.25, 0.3) is 16.5 Å². The Hall–Kier alpha value is -1.26. The Kier molecular flexibility index (Phi) is 9.68. The number of nitrogens with zero attached hydrogens (tertiary/aromatic N) is 1. The molecule has 2 aromatic rings. The van der Waals surface area contributed by atoms with E-state index in [9.17, 15) is 9.59 Å². The van der Waals surface area contributed by atoms with Crippen molar-refractivity contribution >= 4 is 28.3 Å². The van der Waals surface area contributed by atoms with Crippen LogP contribution in [0.5, 0.6) is 0 Å². The van der Waals surface area contributed by atoms with Gasteiger partial charge in [0.1, 0.15) is 0 Å². The summed E-state index contributed by atoms with van der Waals surface area (Å²) in [5, 5.41) is 3.21. The normalized spacial score (nSPS) is 12.4. The van der Waals surface area contributed by atoms with E-state index in [-0.39, 0.29) is 44.5 Å². The molecule has 0 atom stereocenters. The first-order valence-electron chi connectivity index (χ1n) is 8.80. The van der Waals surface area contributed by atoms with Crippen LogP contribution < -0.4 is 5.32 Å². The van der Waals surface area contributed by atoms with E-state index in [0.717, 1.165) is 33.3 Å². The summed E-state index contributed by atoms with van der Waals surface area (Å²) in [6.45, 7) is 15.8. The van der Waals surface area contributed by atoms with Crippen molar-refractivity contribution in [2.45, 2.75) is 55.4 Å². The van der Waals surface area contributed by atoms with Gasteiger partial charge in [0.15, 0.2) is 5.91 Å². The Morgan fingerprint density at radius 3 is 2.12 bits per heavy atom. The molecule has 26 heavy (non-hydrogen) atoms. The molecule has 0 spiro atoms. The molecule has 1 N–H and O–H groups in total. The summed E-state index contributed by atoms with van der Waals surface area (Å²) in [5.74, 6) is -0.707. The summed E-state index contributed by atoms with van der Waals surface area (Å²) < 4.78 is 2.05. The fourth-order valence-electron chi connectivity index (χ4n) is 2.94. The van der Waals surface area contributed by atoms with Crippen molar-refractivity contribution in [1.82, 2.24) is 9.88 Å². The number of hydrogen-bond acceptors (Lipinski definition) is 2. The number of amides is 2. The summed E-state index contributed by atoms with van der Waals surface area (Å²) in [6, 6.07) is 3.13. The molecule has 1 aliphatic rings. The second-order valence-corrected chi connectivity index (χ2v) is 5.40. The van der Waals surface area contributed by atoms with Gasteiger partial charge in [0, 0.05) is 45.5 Å². The Labute approximate surface area is 182 Å². The van der Waals surface area contributed by atoms with Gasteiger partial charge in [-0.25, -0.2) is 6.07 Å². The Morgan fingerprint density at radius 1 is 1.08 bits per heavy atom. The number of benzene rings is 1. The Bertz CT molecular complexity index is 861. The average Bonchev–Trinajstić information content (AvgIpc) is 3.05. The molecule has 0 bridgehead atoms. The van der Waals surface area contributed by atoms with Crippen LogP contribution >= 0.6 is 0 Å². The number of allylic oxidation sites excluding steroid dienone is 2. The zero-order chi connectivity index (χ0) is 19.5. The maximum Gasteiger partial charge on any atom is 0.218 e. The minimum absolute atomic E-state index is 0. The zero-order valence-electron chi connectivity index (χ0n) is 17.3. The number of aryl methyl sites for hydroxylation is 2. The predicted octanol–water partition coefficient (Wildman–Crippen LogP) is 4.76. The van der Waals surface area contributed by atoms with Crippen molar-refractivity contribution in [3.63, 3.8) is 0 Å². The number of aromatic nitrogens is 1. The van der Waals surface area contributed by atoms with Crippen molar-refractivity contribution < 1.29 is 42.3 Å². The SMILES string of the molecule is CC.CC.C[C-]=C(C)c1[c-]c2c(c3c(C)c(C)n(C)c13)C(=O)NC2=O.[Y]. The van der Waals surface area contributed by atoms with Crippen molar-refractivity contribution in [3.05, 3.63) is 40.1 Å². The van der Waals surface area contributed by atoms with Crippen molar-refractivity contribution in [2.75, 3.05) is 0 Å². The molecule has 4 nitrogen and oxygen atoms in total. The average molecular weight is 429 g/mol. The van der Waals surface area contributed by atoms with Gasteiger partial charge in [0.25, 0.3) is 0 Å². The molecule has 1 radical (unpaired) electrons. The molecule has 1 aliphatic heterocycles. The standard InChI is InChI=1S/C17H16N2O2.2C2H6.Y/c1-6-8(2)11-7-12-14(17(21)18-16(12)20)13-9(3)10(4)19(5)15(11)13;2*1-2;/h1-5H3,(H,18,20,21);2*1-2H3;/q-2;;;. The minimum atomic E-state index is -0.372. The molecule has 1 aromatic heterocycles. The van der Waals surface area contributed by atoms with Crippen LogP contribution in [0.3, 0.4) is 0 Å². The fraction of sp³-hybridized carbons (Fsp3) is 0.429. The number of imide groups is 1. The summed E-state index contributed by atoms with van der Waals surface area (Å²) in [4.78, 5) is 24.1. The van der Waals surface area contributed by atoms with Crippen LogP contribution in [-0.4, -0.2) is 16.4 Å². The first kappa shape index (κ1) is 24.7. The third-order valence-electron chi connectivity index (χ3n) is 4.41. The van der Waals surface area contributed by atoms with E-state index in [4.69, 9.17) is 0 Å². The fourth-order valence-corrected chi connectivity index (χ4v) is 2.94. The third-order valence-corrected chi connectivity index (χ3v) is 4.41. The summed E-state index contributed by atoms with van der Waals surface area (Å²) in [7, 11) is 1.96. The first-order chi connectivity index (χ1) is 11.9. The van der Waals surface area contributed by atoms with Gasteiger partial charge >= 0.3 is 0 Å². The molecule has 0 fully saturated rings. The Balaban J connectivity index is 0.00000117. The molecule has 2 amide bonds. The molecule has 0 unspecified atom stereocenters. The number of fused-ring (bicyclic) bond motifs is 3. The quantitative estimate of drug-likeness (QED) is 0.525. The molecule has 5 heteroatoms. The van der Waals surface area contributed by atoms with Gasteiger partial charge in [-0.1, -0.05) is 44.2 Å². The van der Waals surface area contributed by atoms with Crippen LogP contribution in [0.1, 0.15) is 79.1 Å². The van der Waals surface area contributed by atoms with Crippen LogP contribution in [0, 0.1) is 26.0 Å². The van der Waals surface area contributed by atoms with Crippen molar-refractivity contribution in [2.24, 2.45) is 7.05 Å². The van der Waals surface area contributed by atoms with E-state index in [1.807, 2.05) is 67.0 Å². The van der Waals surface area contributed by atoms with Gasteiger partial charge in [0.2, 0.25) is 5.91 Å². The van der Waals surface area contributed by atoms with Gasteiger partial charge in [-0.3, -0.25) is 15.9 Å². The summed E-state index contributed by atoms with van der Waals surface area (Å²) in [6.07, 6.45) is 3.10. The monoisotopic (exact) mass is 429 g/mol.